The third-order valence-corrected chi connectivity index (χ3v) is 3.80. The largest absolute Gasteiger partial charge is 0.416 e. The van der Waals surface area contributed by atoms with Crippen molar-refractivity contribution in [3.8, 4) is 0 Å². The van der Waals surface area contributed by atoms with E-state index in [0.717, 1.165) is 0 Å². The van der Waals surface area contributed by atoms with Gasteiger partial charge in [-0.1, -0.05) is 37.3 Å². The molecule has 2 aromatic rings. The minimum atomic E-state index is -4.98. The van der Waals surface area contributed by atoms with Gasteiger partial charge >= 0.3 is 12.4 Å². The highest BCUT2D eigenvalue weighted by Crippen LogP contribution is 2.37. The summed E-state index contributed by atoms with van der Waals surface area (Å²) in [5.41, 5.74) is -3.04. The molecule has 25 heavy (non-hydrogen) atoms. The van der Waals surface area contributed by atoms with Gasteiger partial charge in [0, 0.05) is 11.5 Å². The Bertz CT molecular complexity index is 714. The molecule has 1 nitrogen and oxygen atoms in total. The minimum Gasteiger partial charge on any atom is -0.293 e. The van der Waals surface area contributed by atoms with Gasteiger partial charge in [0.15, 0.2) is 5.78 Å². The molecule has 2 aromatic carbocycles. The van der Waals surface area contributed by atoms with Gasteiger partial charge in [-0.25, -0.2) is 0 Å². The maximum atomic E-state index is 12.9. The van der Waals surface area contributed by atoms with E-state index in [2.05, 4.69) is 0 Å². The van der Waals surface area contributed by atoms with E-state index in [1.54, 1.807) is 37.3 Å². The van der Waals surface area contributed by atoms with Crippen LogP contribution in [0.3, 0.4) is 0 Å². The maximum absolute atomic E-state index is 12.9. The lowest BCUT2D eigenvalue weighted by atomic mass is 9.87. The molecule has 0 bridgehead atoms. The summed E-state index contributed by atoms with van der Waals surface area (Å²) in [7, 11) is 0. The first-order valence-electron chi connectivity index (χ1n) is 7.42. The molecule has 0 N–H and O–H groups in total. The number of benzene rings is 2. The zero-order valence-electron chi connectivity index (χ0n) is 13.1. The van der Waals surface area contributed by atoms with Crippen molar-refractivity contribution in [3.63, 3.8) is 0 Å². The van der Waals surface area contributed by atoms with Crippen LogP contribution < -0.4 is 0 Å². The highest BCUT2D eigenvalue weighted by atomic mass is 19.4. The maximum Gasteiger partial charge on any atom is 0.416 e. The molecule has 0 aliphatic rings. The number of Topliss-reactive ketones (excluding diaryl/α,β-unsaturated/α-hetero) is 1. The number of ketones is 1. The molecular formula is C18H14F6O. The topological polar surface area (TPSA) is 17.1 Å². The second-order valence-corrected chi connectivity index (χ2v) is 5.53. The molecule has 1 atom stereocenters. The summed E-state index contributed by atoms with van der Waals surface area (Å²) in [5.74, 6) is -1.59. The highest BCUT2D eigenvalue weighted by Gasteiger charge is 2.38. The molecule has 0 aromatic heterocycles. The smallest absolute Gasteiger partial charge is 0.293 e. The van der Waals surface area contributed by atoms with Crippen molar-refractivity contribution >= 4 is 5.78 Å². The summed E-state index contributed by atoms with van der Waals surface area (Å²) >= 11 is 0. The molecule has 0 saturated heterocycles. The molecule has 0 spiro atoms. The van der Waals surface area contributed by atoms with Gasteiger partial charge < -0.3 is 0 Å². The number of halogens is 6. The van der Waals surface area contributed by atoms with Gasteiger partial charge in [0.1, 0.15) is 0 Å². The van der Waals surface area contributed by atoms with Crippen LogP contribution in [0.1, 0.15) is 46.3 Å². The number of alkyl halides is 6. The number of carbonyl (C=O) groups excluding carboxylic acids is 1. The van der Waals surface area contributed by atoms with Crippen molar-refractivity contribution in [1.29, 1.82) is 0 Å². The van der Waals surface area contributed by atoms with Gasteiger partial charge in [-0.05, 0) is 30.2 Å². The molecule has 7 heteroatoms. The second-order valence-electron chi connectivity index (χ2n) is 5.53. The molecule has 0 heterocycles. The first-order valence-corrected chi connectivity index (χ1v) is 7.42. The summed E-state index contributed by atoms with van der Waals surface area (Å²) in [4.78, 5) is 12.6. The molecule has 0 saturated carbocycles. The predicted octanol–water partition coefficient (Wildman–Crippen LogP) is 6.10. The Morgan fingerprint density at radius 1 is 0.880 bits per heavy atom. The second kappa shape index (κ2) is 6.90. The lowest BCUT2D eigenvalue weighted by Crippen LogP contribution is -2.17. The Labute approximate surface area is 140 Å². The first kappa shape index (κ1) is 19.0. The van der Waals surface area contributed by atoms with Crippen LogP contribution >= 0.6 is 0 Å². The number of hydrogen-bond acceptors (Lipinski definition) is 1. The molecule has 1 unspecified atom stereocenters. The molecule has 0 fully saturated rings. The Morgan fingerprint density at radius 2 is 1.36 bits per heavy atom. The van der Waals surface area contributed by atoms with Crippen molar-refractivity contribution in [1.82, 2.24) is 0 Å². The Kier molecular flexibility index (Phi) is 5.25. The van der Waals surface area contributed by atoms with E-state index in [4.69, 9.17) is 0 Å². The predicted molar refractivity (Wildman–Crippen MR) is 80.3 cm³/mol. The monoisotopic (exact) mass is 360 g/mol. The number of carbonyl (C=O) groups is 1. The van der Waals surface area contributed by atoms with Crippen LogP contribution in [0.5, 0.6) is 0 Å². The summed E-state index contributed by atoms with van der Waals surface area (Å²) in [6.07, 6.45) is -9.71. The van der Waals surface area contributed by atoms with Crippen molar-refractivity contribution in [2.75, 3.05) is 0 Å². The SMILES string of the molecule is CCC(C(=O)c1cc(C(F)(F)F)cc(C(F)(F)F)c1)c1ccccc1. The van der Waals surface area contributed by atoms with E-state index in [0.29, 0.717) is 17.7 Å². The minimum absolute atomic E-state index is 0.0141. The van der Waals surface area contributed by atoms with Gasteiger partial charge in [-0.3, -0.25) is 4.79 Å². The quantitative estimate of drug-likeness (QED) is 0.476. The van der Waals surface area contributed by atoms with E-state index < -0.39 is 40.7 Å². The fraction of sp³-hybridized carbons (Fsp3) is 0.278. The lowest BCUT2D eigenvalue weighted by molar-refractivity contribution is -0.143. The molecule has 2 rings (SSSR count). The molecule has 134 valence electrons. The normalized spacial score (nSPS) is 13.6. The number of rotatable bonds is 4. The third kappa shape index (κ3) is 4.41. The summed E-state index contributed by atoms with van der Waals surface area (Å²) in [5, 5.41) is 0. The van der Waals surface area contributed by atoms with Gasteiger partial charge in [0.2, 0.25) is 0 Å². The number of hydrogen-bond donors (Lipinski definition) is 0. The average Bonchev–Trinajstić information content (AvgIpc) is 2.54. The van der Waals surface area contributed by atoms with Crippen LogP contribution in [0.15, 0.2) is 48.5 Å². The molecule has 0 aliphatic heterocycles. The highest BCUT2D eigenvalue weighted by molar-refractivity contribution is 6.01. The standard InChI is InChI=1S/C18H14F6O/c1-2-15(11-6-4-3-5-7-11)16(25)12-8-13(17(19,20)21)10-14(9-12)18(22,23)24/h3-10,15H,2H2,1H3. The van der Waals surface area contributed by atoms with Crippen molar-refractivity contribution in [2.45, 2.75) is 31.6 Å². The van der Waals surface area contributed by atoms with E-state index >= 15 is 0 Å². The van der Waals surface area contributed by atoms with Gasteiger partial charge in [0.25, 0.3) is 0 Å². The molecular weight excluding hydrogens is 346 g/mol. The first-order chi connectivity index (χ1) is 11.5. The van der Waals surface area contributed by atoms with Crippen LogP contribution in [0.25, 0.3) is 0 Å². The van der Waals surface area contributed by atoms with E-state index in [1.165, 1.54) is 0 Å². The third-order valence-electron chi connectivity index (χ3n) is 3.80. The van der Waals surface area contributed by atoms with Crippen molar-refractivity contribution < 1.29 is 31.1 Å². The Morgan fingerprint density at radius 3 is 1.76 bits per heavy atom. The average molecular weight is 360 g/mol. The van der Waals surface area contributed by atoms with E-state index in [-0.39, 0.29) is 12.5 Å². The van der Waals surface area contributed by atoms with Crippen molar-refractivity contribution in [2.24, 2.45) is 0 Å². The van der Waals surface area contributed by atoms with Crippen LogP contribution in [0.2, 0.25) is 0 Å². The van der Waals surface area contributed by atoms with Crippen molar-refractivity contribution in [3.05, 3.63) is 70.8 Å². The van der Waals surface area contributed by atoms with Gasteiger partial charge in [0.05, 0.1) is 11.1 Å². The van der Waals surface area contributed by atoms with Crippen LogP contribution in [0, 0.1) is 0 Å². The van der Waals surface area contributed by atoms with Gasteiger partial charge in [-0.2, -0.15) is 26.3 Å². The molecule has 0 radical (unpaired) electrons. The summed E-state index contributed by atoms with van der Waals surface area (Å²) in [6.45, 7) is 1.65. The Hall–Kier alpha value is -2.31. The van der Waals surface area contributed by atoms with Crippen LogP contribution in [-0.4, -0.2) is 5.78 Å². The lowest BCUT2D eigenvalue weighted by Gasteiger charge is -2.17. The summed E-state index contributed by atoms with van der Waals surface area (Å²) < 4.78 is 77.6. The molecule has 0 aliphatic carbocycles. The van der Waals surface area contributed by atoms with E-state index in [1.807, 2.05) is 0 Å². The van der Waals surface area contributed by atoms with E-state index in [9.17, 15) is 31.1 Å². The molecule has 0 amide bonds. The fourth-order valence-electron chi connectivity index (χ4n) is 2.56. The zero-order valence-corrected chi connectivity index (χ0v) is 13.1. The van der Waals surface area contributed by atoms with Gasteiger partial charge in [-0.15, -0.1) is 0 Å². The fourth-order valence-corrected chi connectivity index (χ4v) is 2.56. The zero-order chi connectivity index (χ0) is 18.8. The summed E-state index contributed by atoms with van der Waals surface area (Å²) in [6, 6.07) is 9.20. The van der Waals surface area contributed by atoms with Crippen LogP contribution in [0.4, 0.5) is 26.3 Å². The van der Waals surface area contributed by atoms with Crippen LogP contribution in [-0.2, 0) is 12.4 Å². The Balaban J connectivity index is 2.55.